The standard InChI is InChI=1S/C18H13ClF3N5.C7H14/c1-10-4-12(20)7-13(5-10)26(8-16(21)22)17-14-3-2-11(19)6-15(14)27-9-23-25-18(27)24-17;1-7(2,3)6-4-5-6/h2-7,9,16H,8H2,1H3;6H,4-5H2,1-3H3. The molecule has 180 valence electrons. The minimum absolute atomic E-state index is 0.229. The van der Waals surface area contributed by atoms with E-state index in [-0.39, 0.29) is 17.3 Å². The second-order valence-corrected chi connectivity index (χ2v) is 10.2. The first-order valence-corrected chi connectivity index (χ1v) is 11.5. The van der Waals surface area contributed by atoms with Gasteiger partial charge in [-0.15, -0.1) is 10.2 Å². The Morgan fingerprint density at radius 1 is 1.15 bits per heavy atom. The monoisotopic (exact) mass is 489 g/mol. The van der Waals surface area contributed by atoms with Crippen LogP contribution in [0.25, 0.3) is 16.7 Å². The van der Waals surface area contributed by atoms with Gasteiger partial charge in [0.15, 0.2) is 0 Å². The Hall–Kier alpha value is -2.87. The third kappa shape index (κ3) is 5.43. The highest BCUT2D eigenvalue weighted by atomic mass is 35.5. The van der Waals surface area contributed by atoms with Crippen molar-refractivity contribution in [3.8, 4) is 0 Å². The Kier molecular flexibility index (Phi) is 6.71. The summed E-state index contributed by atoms with van der Waals surface area (Å²) in [6.07, 6.45) is 1.76. The molecular formula is C25H27ClF3N5. The van der Waals surface area contributed by atoms with Crippen molar-refractivity contribution in [1.82, 2.24) is 19.6 Å². The predicted octanol–water partition coefficient (Wildman–Crippen LogP) is 7.22. The van der Waals surface area contributed by atoms with E-state index in [1.165, 1.54) is 36.2 Å². The summed E-state index contributed by atoms with van der Waals surface area (Å²) in [6.45, 7) is 8.01. The maximum Gasteiger partial charge on any atom is 0.257 e. The van der Waals surface area contributed by atoms with Crippen molar-refractivity contribution in [3.63, 3.8) is 0 Å². The summed E-state index contributed by atoms with van der Waals surface area (Å²) in [6, 6.07) is 9.16. The van der Waals surface area contributed by atoms with Gasteiger partial charge in [0.05, 0.1) is 12.1 Å². The molecule has 0 aliphatic heterocycles. The van der Waals surface area contributed by atoms with Gasteiger partial charge in [0.25, 0.3) is 12.2 Å². The summed E-state index contributed by atoms with van der Waals surface area (Å²) < 4.78 is 42.3. The Bertz CT molecular complexity index is 1290. The largest absolute Gasteiger partial charge is 0.320 e. The molecule has 1 fully saturated rings. The van der Waals surface area contributed by atoms with Gasteiger partial charge in [0.2, 0.25) is 0 Å². The van der Waals surface area contributed by atoms with Gasteiger partial charge in [0, 0.05) is 16.1 Å². The molecule has 4 aromatic rings. The topological polar surface area (TPSA) is 46.3 Å². The molecule has 1 aliphatic carbocycles. The molecule has 2 aromatic carbocycles. The summed E-state index contributed by atoms with van der Waals surface area (Å²) in [7, 11) is 0. The maximum atomic E-state index is 13.9. The van der Waals surface area contributed by atoms with Crippen LogP contribution in [-0.4, -0.2) is 32.6 Å². The van der Waals surface area contributed by atoms with Gasteiger partial charge in [-0.25, -0.2) is 13.2 Å². The molecule has 0 bridgehead atoms. The number of rotatable bonds is 4. The normalized spacial score (nSPS) is 13.9. The second-order valence-electron chi connectivity index (χ2n) is 9.73. The molecule has 0 unspecified atom stereocenters. The smallest absolute Gasteiger partial charge is 0.257 e. The highest BCUT2D eigenvalue weighted by Gasteiger charge is 2.33. The Balaban J connectivity index is 0.000000336. The van der Waals surface area contributed by atoms with E-state index in [1.807, 2.05) is 0 Å². The number of aromatic nitrogens is 4. The predicted molar refractivity (Wildman–Crippen MR) is 130 cm³/mol. The Morgan fingerprint density at radius 2 is 1.88 bits per heavy atom. The lowest BCUT2D eigenvalue weighted by Gasteiger charge is -2.25. The van der Waals surface area contributed by atoms with E-state index in [2.05, 4.69) is 36.0 Å². The summed E-state index contributed by atoms with van der Waals surface area (Å²) in [4.78, 5) is 5.68. The molecule has 2 heterocycles. The minimum atomic E-state index is -2.66. The number of hydrogen-bond acceptors (Lipinski definition) is 4. The van der Waals surface area contributed by atoms with Gasteiger partial charge in [-0.3, -0.25) is 4.40 Å². The molecule has 1 saturated carbocycles. The van der Waals surface area contributed by atoms with Crippen molar-refractivity contribution in [3.05, 3.63) is 59.1 Å². The molecule has 0 N–H and O–H groups in total. The van der Waals surface area contributed by atoms with Crippen LogP contribution in [0.3, 0.4) is 0 Å². The van der Waals surface area contributed by atoms with E-state index in [4.69, 9.17) is 11.6 Å². The van der Waals surface area contributed by atoms with Crippen LogP contribution in [0.2, 0.25) is 5.02 Å². The number of fused-ring (bicyclic) bond motifs is 3. The van der Waals surface area contributed by atoms with Crippen LogP contribution in [0.1, 0.15) is 39.2 Å². The zero-order chi connectivity index (χ0) is 24.6. The molecule has 34 heavy (non-hydrogen) atoms. The van der Waals surface area contributed by atoms with E-state index >= 15 is 0 Å². The number of nitrogens with zero attached hydrogens (tertiary/aromatic N) is 5. The molecule has 0 saturated heterocycles. The molecule has 1 aliphatic rings. The van der Waals surface area contributed by atoms with Crippen molar-refractivity contribution in [1.29, 1.82) is 0 Å². The summed E-state index contributed by atoms with van der Waals surface area (Å²) in [5.41, 5.74) is 2.11. The van der Waals surface area contributed by atoms with Crippen molar-refractivity contribution >= 4 is 39.8 Å². The molecule has 0 spiro atoms. The molecule has 5 rings (SSSR count). The average molecular weight is 490 g/mol. The molecule has 0 amide bonds. The van der Waals surface area contributed by atoms with Gasteiger partial charge in [-0.1, -0.05) is 32.4 Å². The highest BCUT2D eigenvalue weighted by Crippen LogP contribution is 2.44. The van der Waals surface area contributed by atoms with Gasteiger partial charge in [-0.05, 0) is 73.1 Å². The van der Waals surface area contributed by atoms with Crippen LogP contribution in [0.15, 0.2) is 42.7 Å². The van der Waals surface area contributed by atoms with Gasteiger partial charge >= 0.3 is 0 Å². The molecule has 0 radical (unpaired) electrons. The van der Waals surface area contributed by atoms with Crippen LogP contribution in [0.4, 0.5) is 24.7 Å². The number of anilines is 2. The van der Waals surface area contributed by atoms with E-state index in [0.29, 0.717) is 26.9 Å². The van der Waals surface area contributed by atoms with Crippen LogP contribution in [0, 0.1) is 24.1 Å². The van der Waals surface area contributed by atoms with Crippen molar-refractivity contribution < 1.29 is 13.2 Å². The first-order chi connectivity index (χ1) is 16.0. The van der Waals surface area contributed by atoms with Gasteiger partial charge < -0.3 is 4.90 Å². The minimum Gasteiger partial charge on any atom is -0.320 e. The van der Waals surface area contributed by atoms with Gasteiger partial charge in [0.1, 0.15) is 18.0 Å². The Morgan fingerprint density at radius 3 is 2.47 bits per heavy atom. The van der Waals surface area contributed by atoms with Crippen molar-refractivity contribution in [2.45, 2.75) is 47.0 Å². The highest BCUT2D eigenvalue weighted by molar-refractivity contribution is 6.31. The number of aryl methyl sites for hydroxylation is 1. The fraction of sp³-hybridized carbons (Fsp3) is 0.400. The molecular weight excluding hydrogens is 463 g/mol. The zero-order valence-electron chi connectivity index (χ0n) is 19.6. The van der Waals surface area contributed by atoms with E-state index in [9.17, 15) is 13.2 Å². The third-order valence-corrected chi connectivity index (χ3v) is 6.15. The lowest BCUT2D eigenvalue weighted by Crippen LogP contribution is -2.25. The fourth-order valence-electron chi connectivity index (χ4n) is 4.00. The number of benzene rings is 2. The van der Waals surface area contributed by atoms with Crippen molar-refractivity contribution in [2.75, 3.05) is 11.4 Å². The van der Waals surface area contributed by atoms with Crippen molar-refractivity contribution in [2.24, 2.45) is 11.3 Å². The lowest BCUT2D eigenvalue weighted by atomic mass is 9.91. The fourth-order valence-corrected chi connectivity index (χ4v) is 4.17. The number of alkyl halides is 2. The second kappa shape index (κ2) is 9.41. The number of hydrogen-bond donors (Lipinski definition) is 0. The summed E-state index contributed by atoms with van der Waals surface area (Å²) in [5, 5.41) is 8.78. The van der Waals surface area contributed by atoms with Crippen LogP contribution in [-0.2, 0) is 0 Å². The van der Waals surface area contributed by atoms with Crippen LogP contribution < -0.4 is 4.90 Å². The van der Waals surface area contributed by atoms with Crippen LogP contribution in [0.5, 0.6) is 0 Å². The maximum absolute atomic E-state index is 13.9. The molecule has 2 aromatic heterocycles. The third-order valence-electron chi connectivity index (χ3n) is 5.91. The molecule has 0 atom stereocenters. The van der Waals surface area contributed by atoms with Gasteiger partial charge in [-0.2, -0.15) is 4.98 Å². The first-order valence-electron chi connectivity index (χ1n) is 11.1. The Labute approximate surface area is 201 Å². The van der Waals surface area contributed by atoms with Crippen LogP contribution >= 0.6 is 11.6 Å². The number of halogens is 4. The first kappa shape index (κ1) is 24.3. The SMILES string of the molecule is CC(C)(C)C1CC1.Cc1cc(F)cc(N(CC(F)F)c2nc3nncn3c3cc(Cl)ccc23)c1. The van der Waals surface area contributed by atoms with E-state index < -0.39 is 18.8 Å². The van der Waals surface area contributed by atoms with E-state index in [1.54, 1.807) is 35.6 Å². The lowest BCUT2D eigenvalue weighted by molar-refractivity contribution is 0.158. The summed E-state index contributed by atoms with van der Waals surface area (Å²) in [5.74, 6) is 0.993. The quantitative estimate of drug-likeness (QED) is 0.303. The zero-order valence-corrected chi connectivity index (χ0v) is 20.3. The molecule has 9 heteroatoms. The van der Waals surface area contributed by atoms with E-state index in [0.717, 1.165) is 5.92 Å². The summed E-state index contributed by atoms with van der Waals surface area (Å²) >= 11 is 6.10. The average Bonchev–Trinajstić information content (AvgIpc) is 3.50. The molecule has 5 nitrogen and oxygen atoms in total.